The second-order valence-corrected chi connectivity index (χ2v) is 7.39. The number of carbonyl (C=O) groups excluding carboxylic acids is 2. The summed E-state index contributed by atoms with van der Waals surface area (Å²) in [6.07, 6.45) is 0.965. The van der Waals surface area contributed by atoms with Gasteiger partial charge in [0.15, 0.2) is 5.76 Å². The molecule has 0 aliphatic heterocycles. The maximum Gasteiger partial charge on any atom is 0.291 e. The van der Waals surface area contributed by atoms with Crippen LogP contribution in [0.1, 0.15) is 21.7 Å². The van der Waals surface area contributed by atoms with Crippen molar-refractivity contribution < 1.29 is 18.7 Å². The van der Waals surface area contributed by atoms with Crippen LogP contribution in [0.15, 0.2) is 83.3 Å². The summed E-state index contributed by atoms with van der Waals surface area (Å²) < 4.78 is 10.9. The summed E-state index contributed by atoms with van der Waals surface area (Å²) in [5.74, 6) is 0.703. The Hall–Kier alpha value is -4.06. The highest BCUT2D eigenvalue weighted by Gasteiger charge is 2.12. The number of amides is 2. The number of anilines is 1. The number of carbonyl (C=O) groups is 2. The third kappa shape index (κ3) is 5.16. The Bertz CT molecular complexity index is 1200. The number of ether oxygens (including phenoxy) is 1. The Morgan fingerprint density at radius 2 is 1.69 bits per heavy atom. The van der Waals surface area contributed by atoms with Gasteiger partial charge in [-0.1, -0.05) is 48.5 Å². The third-order valence-electron chi connectivity index (χ3n) is 5.13. The highest BCUT2D eigenvalue weighted by molar-refractivity contribution is 6.04. The topological polar surface area (TPSA) is 80.6 Å². The van der Waals surface area contributed by atoms with Gasteiger partial charge in [-0.25, -0.2) is 0 Å². The molecule has 32 heavy (non-hydrogen) atoms. The van der Waals surface area contributed by atoms with Gasteiger partial charge in [0.05, 0.1) is 13.5 Å². The van der Waals surface area contributed by atoms with Gasteiger partial charge in [-0.3, -0.25) is 9.59 Å². The van der Waals surface area contributed by atoms with E-state index in [1.54, 1.807) is 25.3 Å². The normalized spacial score (nSPS) is 10.7. The predicted molar refractivity (Wildman–Crippen MR) is 124 cm³/mol. The molecular weight excluding hydrogens is 404 g/mol. The average Bonchev–Trinajstić information content (AvgIpc) is 3.25. The molecule has 6 nitrogen and oxygen atoms in total. The molecule has 0 saturated heterocycles. The third-order valence-corrected chi connectivity index (χ3v) is 5.13. The van der Waals surface area contributed by atoms with Crippen LogP contribution in [-0.4, -0.2) is 25.5 Å². The van der Waals surface area contributed by atoms with E-state index in [4.69, 9.17) is 9.15 Å². The molecule has 4 aromatic rings. The van der Waals surface area contributed by atoms with Crippen LogP contribution in [0.25, 0.3) is 11.0 Å². The van der Waals surface area contributed by atoms with Gasteiger partial charge in [0, 0.05) is 17.6 Å². The zero-order valence-corrected chi connectivity index (χ0v) is 17.8. The Morgan fingerprint density at radius 1 is 0.938 bits per heavy atom. The highest BCUT2D eigenvalue weighted by atomic mass is 16.5. The van der Waals surface area contributed by atoms with E-state index in [-0.39, 0.29) is 24.0 Å². The summed E-state index contributed by atoms with van der Waals surface area (Å²) in [5, 5.41) is 6.63. The zero-order chi connectivity index (χ0) is 22.3. The van der Waals surface area contributed by atoms with E-state index in [2.05, 4.69) is 10.6 Å². The Labute approximate surface area is 186 Å². The van der Waals surface area contributed by atoms with Crippen LogP contribution in [0.2, 0.25) is 0 Å². The minimum atomic E-state index is -0.317. The lowest BCUT2D eigenvalue weighted by molar-refractivity contribution is -0.120. The SMILES string of the molecule is COc1ccccc1CCNC(=O)Cc1ccc(NC(=O)c2cc3ccccc3o2)cc1. The highest BCUT2D eigenvalue weighted by Crippen LogP contribution is 2.20. The zero-order valence-electron chi connectivity index (χ0n) is 17.8. The van der Waals surface area contributed by atoms with Gasteiger partial charge < -0.3 is 19.8 Å². The molecular formula is C26H24N2O4. The number of para-hydroxylation sites is 2. The van der Waals surface area contributed by atoms with Crippen molar-refractivity contribution in [2.24, 2.45) is 0 Å². The van der Waals surface area contributed by atoms with E-state index in [0.29, 0.717) is 24.2 Å². The lowest BCUT2D eigenvalue weighted by Crippen LogP contribution is -2.27. The fourth-order valence-corrected chi connectivity index (χ4v) is 3.49. The van der Waals surface area contributed by atoms with E-state index in [1.165, 1.54) is 0 Å². The molecule has 0 radical (unpaired) electrons. The van der Waals surface area contributed by atoms with Crippen molar-refractivity contribution in [1.29, 1.82) is 0 Å². The number of nitrogens with one attached hydrogen (secondary N) is 2. The van der Waals surface area contributed by atoms with E-state index >= 15 is 0 Å². The molecule has 2 N–H and O–H groups in total. The number of hydrogen-bond acceptors (Lipinski definition) is 4. The van der Waals surface area contributed by atoms with E-state index < -0.39 is 0 Å². The molecule has 4 rings (SSSR count). The molecule has 0 aliphatic rings. The van der Waals surface area contributed by atoms with Crippen LogP contribution < -0.4 is 15.4 Å². The number of methoxy groups -OCH3 is 1. The van der Waals surface area contributed by atoms with Crippen LogP contribution in [0.5, 0.6) is 5.75 Å². The monoisotopic (exact) mass is 428 g/mol. The second-order valence-electron chi connectivity index (χ2n) is 7.39. The largest absolute Gasteiger partial charge is 0.496 e. The van der Waals surface area contributed by atoms with Crippen molar-refractivity contribution in [2.45, 2.75) is 12.8 Å². The molecule has 0 unspecified atom stereocenters. The molecule has 1 heterocycles. The minimum Gasteiger partial charge on any atom is -0.496 e. The summed E-state index contributed by atoms with van der Waals surface area (Å²) in [6, 6.07) is 24.2. The van der Waals surface area contributed by atoms with Crippen molar-refractivity contribution in [3.63, 3.8) is 0 Å². The van der Waals surface area contributed by atoms with E-state index in [0.717, 1.165) is 22.3 Å². The lowest BCUT2D eigenvalue weighted by atomic mass is 10.1. The van der Waals surface area contributed by atoms with Crippen molar-refractivity contribution >= 4 is 28.5 Å². The van der Waals surface area contributed by atoms with Crippen molar-refractivity contribution in [3.8, 4) is 5.75 Å². The van der Waals surface area contributed by atoms with Crippen molar-refractivity contribution in [2.75, 3.05) is 19.0 Å². The van der Waals surface area contributed by atoms with Gasteiger partial charge in [-0.15, -0.1) is 0 Å². The van der Waals surface area contributed by atoms with Crippen LogP contribution in [-0.2, 0) is 17.6 Å². The molecule has 6 heteroatoms. The molecule has 1 aromatic heterocycles. The number of rotatable bonds is 8. The molecule has 0 fully saturated rings. The summed E-state index contributed by atoms with van der Waals surface area (Å²) in [7, 11) is 1.64. The second kappa shape index (κ2) is 9.83. The molecule has 3 aromatic carbocycles. The van der Waals surface area contributed by atoms with Gasteiger partial charge in [-0.05, 0) is 47.9 Å². The first-order chi connectivity index (χ1) is 15.6. The van der Waals surface area contributed by atoms with Gasteiger partial charge in [0.2, 0.25) is 5.91 Å². The van der Waals surface area contributed by atoms with Gasteiger partial charge in [-0.2, -0.15) is 0 Å². The molecule has 0 bridgehead atoms. The minimum absolute atomic E-state index is 0.0565. The van der Waals surface area contributed by atoms with Crippen LogP contribution in [0.4, 0.5) is 5.69 Å². The molecule has 0 spiro atoms. The first-order valence-electron chi connectivity index (χ1n) is 10.4. The van der Waals surface area contributed by atoms with Crippen LogP contribution in [0.3, 0.4) is 0 Å². The van der Waals surface area contributed by atoms with Gasteiger partial charge in [0.25, 0.3) is 5.91 Å². The maximum absolute atomic E-state index is 12.4. The quantitative estimate of drug-likeness (QED) is 0.430. The summed E-state index contributed by atoms with van der Waals surface area (Å²) in [6.45, 7) is 0.533. The first kappa shape index (κ1) is 21.2. The lowest BCUT2D eigenvalue weighted by Gasteiger charge is -2.09. The average molecular weight is 428 g/mol. The Kier molecular flexibility index (Phi) is 6.51. The van der Waals surface area contributed by atoms with Gasteiger partial charge in [0.1, 0.15) is 11.3 Å². The fraction of sp³-hybridized carbons (Fsp3) is 0.154. The maximum atomic E-state index is 12.4. The number of furan rings is 1. The number of hydrogen-bond donors (Lipinski definition) is 2. The standard InChI is InChI=1S/C26H24N2O4/c1-31-22-8-4-2-6-19(22)14-15-27-25(29)16-18-10-12-21(13-11-18)28-26(30)24-17-20-7-3-5-9-23(20)32-24/h2-13,17H,14-16H2,1H3,(H,27,29)(H,28,30). The first-order valence-corrected chi connectivity index (χ1v) is 10.4. The van der Waals surface area contributed by atoms with Crippen LogP contribution >= 0.6 is 0 Å². The Balaban J connectivity index is 1.27. The molecule has 0 atom stereocenters. The summed E-state index contributed by atoms with van der Waals surface area (Å²) in [4.78, 5) is 24.7. The van der Waals surface area contributed by atoms with Crippen molar-refractivity contribution in [3.05, 3.63) is 95.7 Å². The fourth-order valence-electron chi connectivity index (χ4n) is 3.49. The smallest absolute Gasteiger partial charge is 0.291 e. The predicted octanol–water partition coefficient (Wildman–Crippen LogP) is 4.60. The van der Waals surface area contributed by atoms with Crippen LogP contribution in [0, 0.1) is 0 Å². The van der Waals surface area contributed by atoms with E-state index in [1.807, 2.05) is 60.7 Å². The van der Waals surface area contributed by atoms with Gasteiger partial charge >= 0.3 is 0 Å². The molecule has 0 saturated carbocycles. The number of fused-ring (bicyclic) bond motifs is 1. The molecule has 0 aliphatic carbocycles. The Morgan fingerprint density at radius 3 is 2.47 bits per heavy atom. The molecule has 162 valence electrons. The van der Waals surface area contributed by atoms with E-state index in [9.17, 15) is 9.59 Å². The number of benzene rings is 3. The molecule has 2 amide bonds. The summed E-state index contributed by atoms with van der Waals surface area (Å²) >= 11 is 0. The summed E-state index contributed by atoms with van der Waals surface area (Å²) in [5.41, 5.74) is 3.22. The van der Waals surface area contributed by atoms with Crippen molar-refractivity contribution in [1.82, 2.24) is 5.32 Å².